The molecule has 1 aromatic carbocycles. The zero-order chi connectivity index (χ0) is 25.1. The number of aromatic nitrogens is 1. The van der Waals surface area contributed by atoms with Crippen molar-refractivity contribution in [3.63, 3.8) is 0 Å². The first kappa shape index (κ1) is 23.3. The summed E-state index contributed by atoms with van der Waals surface area (Å²) in [5.74, 6) is -0.0504. The van der Waals surface area contributed by atoms with Gasteiger partial charge in [0.1, 0.15) is 5.60 Å². The van der Waals surface area contributed by atoms with E-state index in [1.54, 1.807) is 0 Å². The minimum atomic E-state index is -0.980. The van der Waals surface area contributed by atoms with Crippen molar-refractivity contribution in [2.24, 2.45) is 17.3 Å². The molecule has 9 atom stereocenters. The number of aliphatic hydroxyl groups excluding tert-OH is 2. The number of nitrogens with zero attached hydrogens (tertiary/aromatic N) is 2. The summed E-state index contributed by atoms with van der Waals surface area (Å²) in [5, 5.41) is 36.8. The fourth-order valence-electron chi connectivity index (χ4n) is 9.31. The van der Waals surface area contributed by atoms with Gasteiger partial charge < -0.3 is 25.0 Å². The Balaban J connectivity index is 1.27. The highest BCUT2D eigenvalue weighted by molar-refractivity contribution is 5.87. The molecule has 6 heteroatoms. The molecule has 2 saturated heterocycles. The highest BCUT2D eigenvalue weighted by Crippen LogP contribution is 2.71. The summed E-state index contributed by atoms with van der Waals surface area (Å²) in [5.41, 5.74) is 0.459. The number of allylic oxidation sites excluding steroid dienone is 2. The first-order valence-corrected chi connectivity index (χ1v) is 13.6. The number of likely N-dealkylation sites (N-methyl/N-ethyl adjacent to an activating group) is 1. The lowest BCUT2D eigenvalue weighted by molar-refractivity contribution is -0.331. The molecule has 36 heavy (non-hydrogen) atoms. The van der Waals surface area contributed by atoms with Crippen molar-refractivity contribution >= 4 is 16.3 Å². The lowest BCUT2D eigenvalue weighted by atomic mass is 9.51. The maximum absolute atomic E-state index is 12.3. The first-order chi connectivity index (χ1) is 17.1. The quantitative estimate of drug-likeness (QED) is 0.597. The SMILES string of the molecule is CN(C)C1CC23CCC4(O2)C2CC=C(c5ccc6cnccc6c5)C2(C)CCC4(O)CC3C(O)C1O. The predicted octanol–water partition coefficient (Wildman–Crippen LogP) is 3.53. The first-order valence-electron chi connectivity index (χ1n) is 13.6. The minimum absolute atomic E-state index is 0.0843. The Hall–Kier alpha value is -1.83. The topological polar surface area (TPSA) is 86.1 Å². The molecule has 0 amide bonds. The van der Waals surface area contributed by atoms with Crippen LogP contribution >= 0.6 is 0 Å². The van der Waals surface area contributed by atoms with Gasteiger partial charge in [-0.1, -0.05) is 25.1 Å². The minimum Gasteiger partial charge on any atom is -0.390 e. The molecule has 3 aliphatic carbocycles. The van der Waals surface area contributed by atoms with E-state index in [4.69, 9.17) is 4.74 Å². The number of pyridine rings is 1. The monoisotopic (exact) mass is 490 g/mol. The van der Waals surface area contributed by atoms with Crippen molar-refractivity contribution in [2.75, 3.05) is 14.1 Å². The number of hydrogen-bond acceptors (Lipinski definition) is 6. The number of aliphatic hydroxyl groups is 3. The molecule has 2 spiro atoms. The van der Waals surface area contributed by atoms with Gasteiger partial charge in [0.05, 0.1) is 23.4 Å². The molecule has 4 fully saturated rings. The second-order valence-electron chi connectivity index (χ2n) is 12.9. The molecular weight excluding hydrogens is 452 g/mol. The zero-order valence-corrected chi connectivity index (χ0v) is 21.5. The van der Waals surface area contributed by atoms with E-state index < -0.39 is 29.0 Å². The molecule has 3 heterocycles. The van der Waals surface area contributed by atoms with Crippen molar-refractivity contribution in [2.45, 2.75) is 86.9 Å². The van der Waals surface area contributed by atoms with Crippen LogP contribution in [-0.2, 0) is 4.74 Å². The molecular formula is C30H38N2O4. The lowest BCUT2D eigenvalue weighted by Gasteiger charge is -2.65. The maximum Gasteiger partial charge on any atom is 0.102 e. The second-order valence-corrected chi connectivity index (χ2v) is 12.9. The van der Waals surface area contributed by atoms with Crippen LogP contribution in [0.2, 0.25) is 0 Å². The van der Waals surface area contributed by atoms with Gasteiger partial charge in [-0.05, 0) is 93.1 Å². The lowest BCUT2D eigenvalue weighted by Crippen LogP contribution is -2.73. The van der Waals surface area contributed by atoms with E-state index in [9.17, 15) is 15.3 Å². The van der Waals surface area contributed by atoms with Gasteiger partial charge >= 0.3 is 0 Å². The Bertz CT molecular complexity index is 1260. The van der Waals surface area contributed by atoms with Crippen molar-refractivity contribution < 1.29 is 20.1 Å². The van der Waals surface area contributed by atoms with Gasteiger partial charge in [0.15, 0.2) is 0 Å². The van der Waals surface area contributed by atoms with Gasteiger partial charge in [0, 0.05) is 35.7 Å². The van der Waals surface area contributed by atoms with Crippen LogP contribution < -0.4 is 0 Å². The number of hydrogen-bond donors (Lipinski definition) is 3. The van der Waals surface area contributed by atoms with Gasteiger partial charge in [-0.3, -0.25) is 4.98 Å². The summed E-state index contributed by atoms with van der Waals surface area (Å²) >= 11 is 0. The van der Waals surface area contributed by atoms with Crippen LogP contribution in [0.4, 0.5) is 0 Å². The van der Waals surface area contributed by atoms with Crippen molar-refractivity contribution in [3.05, 3.63) is 48.3 Å². The number of fused-ring (bicyclic) bond motifs is 2. The summed E-state index contributed by atoms with van der Waals surface area (Å²) in [6.07, 6.45) is 9.73. The highest BCUT2D eigenvalue weighted by Gasteiger charge is 2.76. The summed E-state index contributed by atoms with van der Waals surface area (Å²) in [6.45, 7) is 2.38. The van der Waals surface area contributed by atoms with E-state index >= 15 is 0 Å². The fourth-order valence-corrected chi connectivity index (χ4v) is 9.31. The van der Waals surface area contributed by atoms with Crippen molar-refractivity contribution in [1.29, 1.82) is 0 Å². The van der Waals surface area contributed by atoms with Crippen molar-refractivity contribution in [1.82, 2.24) is 9.88 Å². The Morgan fingerprint density at radius 1 is 1.00 bits per heavy atom. The Morgan fingerprint density at radius 2 is 1.83 bits per heavy atom. The van der Waals surface area contributed by atoms with Crippen LogP contribution in [0.15, 0.2) is 42.7 Å². The predicted molar refractivity (Wildman–Crippen MR) is 138 cm³/mol. The molecule has 5 aliphatic rings. The van der Waals surface area contributed by atoms with Crippen LogP contribution in [0.25, 0.3) is 16.3 Å². The number of rotatable bonds is 2. The fraction of sp³-hybridized carbons (Fsp3) is 0.633. The third kappa shape index (κ3) is 2.77. The van der Waals surface area contributed by atoms with E-state index in [1.165, 1.54) is 16.5 Å². The normalized spacial score (nSPS) is 47.4. The largest absolute Gasteiger partial charge is 0.390 e. The van der Waals surface area contributed by atoms with Crippen LogP contribution in [0.1, 0.15) is 57.4 Å². The van der Waals surface area contributed by atoms with Gasteiger partial charge in [-0.25, -0.2) is 0 Å². The van der Waals surface area contributed by atoms with Crippen molar-refractivity contribution in [3.8, 4) is 0 Å². The van der Waals surface area contributed by atoms with Crippen LogP contribution in [-0.4, -0.2) is 74.4 Å². The average Bonchev–Trinajstić information content (AvgIpc) is 3.39. The molecule has 1 aromatic heterocycles. The van der Waals surface area contributed by atoms with E-state index in [0.29, 0.717) is 19.3 Å². The Morgan fingerprint density at radius 3 is 2.64 bits per heavy atom. The number of benzene rings is 1. The Labute approximate surface area is 213 Å². The molecule has 2 bridgehead atoms. The molecule has 2 saturated carbocycles. The molecule has 3 N–H and O–H groups in total. The summed E-state index contributed by atoms with van der Waals surface area (Å²) in [4.78, 5) is 6.28. The maximum atomic E-state index is 12.3. The van der Waals surface area contributed by atoms with E-state index in [0.717, 1.165) is 31.1 Å². The molecule has 2 aromatic rings. The molecule has 9 unspecified atom stereocenters. The van der Waals surface area contributed by atoms with Gasteiger partial charge in [-0.2, -0.15) is 0 Å². The third-order valence-corrected chi connectivity index (χ3v) is 11.2. The number of ether oxygens (including phenoxy) is 1. The third-order valence-electron chi connectivity index (χ3n) is 11.2. The van der Waals surface area contributed by atoms with Gasteiger partial charge in [0.2, 0.25) is 0 Å². The standard InChI is InChI=1S/C30H38N2O4/c1-27-9-11-29(35)15-22-25(33)26(34)23(32(2)3)16-28(22)10-12-30(29,36-28)24(27)7-6-21(27)19-4-5-20-17-31-13-8-18(20)14-19/h4-6,8,13-14,17,22-26,33-35H,7,9-12,15-16H2,1-3H3. The van der Waals surface area contributed by atoms with E-state index in [2.05, 4.69) is 42.2 Å². The molecule has 192 valence electrons. The zero-order valence-electron chi connectivity index (χ0n) is 21.5. The van der Waals surface area contributed by atoms with Crippen LogP contribution in [0.3, 0.4) is 0 Å². The van der Waals surface area contributed by atoms with Crippen LogP contribution in [0.5, 0.6) is 0 Å². The highest BCUT2D eigenvalue weighted by atomic mass is 16.6. The summed E-state index contributed by atoms with van der Waals surface area (Å²) in [7, 11) is 3.93. The molecule has 7 rings (SSSR count). The van der Waals surface area contributed by atoms with E-state index in [-0.39, 0.29) is 23.3 Å². The molecule has 0 radical (unpaired) electrons. The second kappa shape index (κ2) is 7.39. The average molecular weight is 491 g/mol. The molecule has 2 aliphatic heterocycles. The Kier molecular flexibility index (Phi) is 4.78. The summed E-state index contributed by atoms with van der Waals surface area (Å²) < 4.78 is 7.23. The summed E-state index contributed by atoms with van der Waals surface area (Å²) in [6, 6.07) is 8.58. The molecule has 6 nitrogen and oxygen atoms in total. The van der Waals surface area contributed by atoms with E-state index in [1.807, 2.05) is 31.4 Å². The smallest absolute Gasteiger partial charge is 0.102 e. The van der Waals surface area contributed by atoms with Gasteiger partial charge in [-0.15, -0.1) is 0 Å². The van der Waals surface area contributed by atoms with Crippen LogP contribution in [0, 0.1) is 17.3 Å². The van der Waals surface area contributed by atoms with Gasteiger partial charge in [0.25, 0.3) is 0 Å².